The van der Waals surface area contributed by atoms with Crippen LogP contribution in [0.5, 0.6) is 0 Å². The lowest BCUT2D eigenvalue weighted by atomic mass is 10.3. The standard InChI is InChI=1S/C11H19N3O4/c1-3-7-13(4-2)9(15)5-6-10(16)14(12)8-11(17)18/h5-6H,3-4,7-8,12H2,1-2H3,(H,17,18)/b6-5+. The number of hydrogen-bond acceptors (Lipinski definition) is 4. The van der Waals surface area contributed by atoms with Crippen molar-refractivity contribution in [3.63, 3.8) is 0 Å². The summed E-state index contributed by atoms with van der Waals surface area (Å²) in [4.78, 5) is 34.8. The Kier molecular flexibility index (Phi) is 7.37. The Morgan fingerprint density at radius 2 is 1.72 bits per heavy atom. The average molecular weight is 257 g/mol. The van der Waals surface area contributed by atoms with Crippen LogP contribution in [-0.4, -0.2) is 52.4 Å². The minimum absolute atomic E-state index is 0.295. The van der Waals surface area contributed by atoms with E-state index >= 15 is 0 Å². The second-order valence-electron chi connectivity index (χ2n) is 3.61. The molecule has 0 aromatic rings. The van der Waals surface area contributed by atoms with Crippen LogP contribution < -0.4 is 5.84 Å². The number of likely N-dealkylation sites (N-methyl/N-ethyl adjacent to an activating group) is 1. The van der Waals surface area contributed by atoms with E-state index in [0.29, 0.717) is 18.1 Å². The molecular formula is C11H19N3O4. The molecule has 0 aliphatic rings. The number of nitrogens with zero attached hydrogens (tertiary/aromatic N) is 2. The predicted octanol–water partition coefficient (Wildman–Crippen LogP) is -0.412. The number of hydrazine groups is 1. The monoisotopic (exact) mass is 257 g/mol. The molecule has 0 rings (SSSR count). The van der Waals surface area contributed by atoms with Gasteiger partial charge in [0.25, 0.3) is 5.91 Å². The molecule has 0 fully saturated rings. The highest BCUT2D eigenvalue weighted by Crippen LogP contribution is 1.94. The van der Waals surface area contributed by atoms with E-state index in [0.717, 1.165) is 18.6 Å². The highest BCUT2D eigenvalue weighted by atomic mass is 16.4. The maximum absolute atomic E-state index is 11.6. The summed E-state index contributed by atoms with van der Waals surface area (Å²) in [6.07, 6.45) is 2.90. The fourth-order valence-electron chi connectivity index (χ4n) is 1.26. The molecule has 7 nitrogen and oxygen atoms in total. The molecule has 0 saturated carbocycles. The molecule has 0 aromatic heterocycles. The average Bonchev–Trinajstić information content (AvgIpc) is 2.31. The van der Waals surface area contributed by atoms with E-state index in [1.807, 2.05) is 13.8 Å². The molecule has 2 amide bonds. The first-order valence-electron chi connectivity index (χ1n) is 5.67. The van der Waals surface area contributed by atoms with Gasteiger partial charge in [0.1, 0.15) is 6.54 Å². The van der Waals surface area contributed by atoms with Crippen LogP contribution in [0.25, 0.3) is 0 Å². The number of carboxylic acids is 1. The summed E-state index contributed by atoms with van der Waals surface area (Å²) in [5.41, 5.74) is 0. The van der Waals surface area contributed by atoms with Gasteiger partial charge >= 0.3 is 5.97 Å². The maximum atomic E-state index is 11.6. The summed E-state index contributed by atoms with van der Waals surface area (Å²) < 4.78 is 0. The molecule has 0 radical (unpaired) electrons. The van der Waals surface area contributed by atoms with Crippen LogP contribution in [0.3, 0.4) is 0 Å². The zero-order chi connectivity index (χ0) is 14.1. The zero-order valence-corrected chi connectivity index (χ0v) is 10.6. The molecule has 0 atom stereocenters. The molecular weight excluding hydrogens is 238 g/mol. The number of nitrogens with two attached hydrogens (primary N) is 1. The third kappa shape index (κ3) is 6.00. The SMILES string of the molecule is CCCN(CC)C(=O)/C=C/C(=O)N(N)CC(=O)O. The number of carbonyl (C=O) groups excluding carboxylic acids is 2. The van der Waals surface area contributed by atoms with Gasteiger partial charge in [-0.05, 0) is 13.3 Å². The van der Waals surface area contributed by atoms with Crippen LogP contribution in [0.4, 0.5) is 0 Å². The normalized spacial score (nSPS) is 10.4. The second-order valence-corrected chi connectivity index (χ2v) is 3.61. The number of carbonyl (C=O) groups is 3. The van der Waals surface area contributed by atoms with Crippen LogP contribution in [0.2, 0.25) is 0 Å². The van der Waals surface area contributed by atoms with Gasteiger partial charge in [0.15, 0.2) is 0 Å². The minimum Gasteiger partial charge on any atom is -0.480 e. The molecule has 0 spiro atoms. The largest absolute Gasteiger partial charge is 0.480 e. The van der Waals surface area contributed by atoms with Crippen molar-refractivity contribution in [3.05, 3.63) is 12.2 Å². The van der Waals surface area contributed by atoms with Crippen molar-refractivity contribution >= 4 is 17.8 Å². The van der Waals surface area contributed by atoms with E-state index < -0.39 is 18.4 Å². The number of amides is 2. The summed E-state index contributed by atoms with van der Waals surface area (Å²) >= 11 is 0. The highest BCUT2D eigenvalue weighted by Gasteiger charge is 2.11. The van der Waals surface area contributed by atoms with Gasteiger partial charge in [-0.1, -0.05) is 6.92 Å². The first-order valence-corrected chi connectivity index (χ1v) is 5.67. The van der Waals surface area contributed by atoms with Crippen molar-refractivity contribution in [2.75, 3.05) is 19.6 Å². The Balaban J connectivity index is 4.40. The van der Waals surface area contributed by atoms with Crippen molar-refractivity contribution in [3.8, 4) is 0 Å². The van der Waals surface area contributed by atoms with Crippen molar-refractivity contribution in [1.29, 1.82) is 0 Å². The smallest absolute Gasteiger partial charge is 0.324 e. The van der Waals surface area contributed by atoms with Gasteiger partial charge in [-0.25, -0.2) is 5.84 Å². The van der Waals surface area contributed by atoms with Crippen LogP contribution in [-0.2, 0) is 14.4 Å². The van der Waals surface area contributed by atoms with E-state index in [1.54, 1.807) is 4.90 Å². The summed E-state index contributed by atoms with van der Waals surface area (Å²) in [5, 5.41) is 8.96. The second kappa shape index (κ2) is 8.24. The lowest BCUT2D eigenvalue weighted by Crippen LogP contribution is -2.40. The Labute approximate surface area is 106 Å². The van der Waals surface area contributed by atoms with Crippen molar-refractivity contribution < 1.29 is 19.5 Å². The molecule has 0 heterocycles. The Morgan fingerprint density at radius 3 is 2.17 bits per heavy atom. The molecule has 0 saturated heterocycles. The third-order valence-electron chi connectivity index (χ3n) is 2.14. The molecule has 0 unspecified atom stereocenters. The van der Waals surface area contributed by atoms with Gasteiger partial charge in [-0.3, -0.25) is 19.4 Å². The molecule has 0 aromatic carbocycles. The summed E-state index contributed by atoms with van der Waals surface area (Å²) in [5.74, 6) is 2.96. The van der Waals surface area contributed by atoms with Crippen molar-refractivity contribution in [2.45, 2.75) is 20.3 Å². The van der Waals surface area contributed by atoms with E-state index in [9.17, 15) is 14.4 Å². The van der Waals surface area contributed by atoms with Gasteiger partial charge in [-0.2, -0.15) is 0 Å². The lowest BCUT2D eigenvalue weighted by Gasteiger charge is -2.18. The highest BCUT2D eigenvalue weighted by molar-refractivity contribution is 5.97. The first-order chi connectivity index (χ1) is 8.42. The van der Waals surface area contributed by atoms with Crippen LogP contribution >= 0.6 is 0 Å². The topological polar surface area (TPSA) is 104 Å². The van der Waals surface area contributed by atoms with Gasteiger partial charge in [-0.15, -0.1) is 0 Å². The van der Waals surface area contributed by atoms with E-state index in [4.69, 9.17) is 10.9 Å². The lowest BCUT2D eigenvalue weighted by molar-refractivity contribution is -0.142. The van der Waals surface area contributed by atoms with Gasteiger partial charge in [0, 0.05) is 25.2 Å². The molecule has 102 valence electrons. The molecule has 7 heteroatoms. The van der Waals surface area contributed by atoms with E-state index in [-0.39, 0.29) is 5.91 Å². The van der Waals surface area contributed by atoms with Gasteiger partial charge in [0.2, 0.25) is 5.91 Å². The number of rotatable bonds is 7. The Bertz CT molecular complexity index is 341. The Morgan fingerprint density at radius 1 is 1.17 bits per heavy atom. The molecule has 0 aliphatic carbocycles. The molecule has 0 bridgehead atoms. The molecule has 3 N–H and O–H groups in total. The van der Waals surface area contributed by atoms with Crippen molar-refractivity contribution in [1.82, 2.24) is 9.91 Å². The van der Waals surface area contributed by atoms with Crippen LogP contribution in [0, 0.1) is 0 Å². The van der Waals surface area contributed by atoms with Crippen LogP contribution in [0.1, 0.15) is 20.3 Å². The zero-order valence-electron chi connectivity index (χ0n) is 10.6. The maximum Gasteiger partial charge on any atom is 0.324 e. The first kappa shape index (κ1) is 16.1. The van der Waals surface area contributed by atoms with Crippen LogP contribution in [0.15, 0.2) is 12.2 Å². The summed E-state index contributed by atoms with van der Waals surface area (Å²) in [7, 11) is 0. The van der Waals surface area contributed by atoms with Gasteiger partial charge in [0.05, 0.1) is 0 Å². The quantitative estimate of drug-likeness (QED) is 0.279. The predicted molar refractivity (Wildman–Crippen MR) is 65.2 cm³/mol. The van der Waals surface area contributed by atoms with E-state index in [1.165, 1.54) is 0 Å². The van der Waals surface area contributed by atoms with E-state index in [2.05, 4.69) is 0 Å². The fourth-order valence-corrected chi connectivity index (χ4v) is 1.26. The number of aliphatic carboxylic acids is 1. The summed E-state index contributed by atoms with van der Waals surface area (Å²) in [6.45, 7) is 4.33. The molecule has 18 heavy (non-hydrogen) atoms. The fraction of sp³-hybridized carbons (Fsp3) is 0.545. The number of hydrogen-bond donors (Lipinski definition) is 2. The Hall–Kier alpha value is -1.89. The third-order valence-corrected chi connectivity index (χ3v) is 2.14. The minimum atomic E-state index is -1.22. The van der Waals surface area contributed by atoms with Crippen molar-refractivity contribution in [2.24, 2.45) is 5.84 Å². The number of carboxylic acid groups (broad SMARTS) is 1. The summed E-state index contributed by atoms with van der Waals surface area (Å²) in [6, 6.07) is 0. The van der Waals surface area contributed by atoms with Gasteiger partial charge < -0.3 is 10.0 Å². The molecule has 0 aliphatic heterocycles.